The molecule has 32 heavy (non-hydrogen) atoms. The lowest BCUT2D eigenvalue weighted by atomic mass is 10.2. The number of ether oxygens (including phenoxy) is 3. The molecule has 4 aromatic rings. The third-order valence-corrected chi connectivity index (χ3v) is 5.14. The highest BCUT2D eigenvalue weighted by Crippen LogP contribution is 2.38. The van der Waals surface area contributed by atoms with Gasteiger partial charge < -0.3 is 18.9 Å². The Balaban J connectivity index is 2.09. The number of aryl methyl sites for hydroxylation is 1. The van der Waals surface area contributed by atoms with Crippen LogP contribution in [0, 0.1) is 6.92 Å². The minimum absolute atomic E-state index is 0.487. The average molecular weight is 453 g/mol. The van der Waals surface area contributed by atoms with Gasteiger partial charge in [0.05, 0.1) is 26.5 Å². The summed E-state index contributed by atoms with van der Waals surface area (Å²) in [4.78, 5) is 19.0. The molecule has 0 saturated heterocycles. The first-order chi connectivity index (χ1) is 15.6. The molecule has 0 spiro atoms. The van der Waals surface area contributed by atoms with E-state index in [4.69, 9.17) is 24.2 Å². The Labute approximate surface area is 190 Å². The van der Waals surface area contributed by atoms with Crippen LogP contribution in [0.25, 0.3) is 28.5 Å². The normalized spacial score (nSPS) is 10.9. The lowest BCUT2D eigenvalue weighted by molar-refractivity contribution is 0.327. The van der Waals surface area contributed by atoms with Crippen LogP contribution in [-0.2, 0) is 0 Å². The van der Waals surface area contributed by atoms with Crippen molar-refractivity contribution in [2.75, 3.05) is 31.8 Å². The van der Waals surface area contributed by atoms with Crippen LogP contribution >= 0.6 is 11.9 Å². The van der Waals surface area contributed by atoms with Gasteiger partial charge in [0.2, 0.25) is 5.88 Å². The molecule has 0 unspecified atom stereocenters. The van der Waals surface area contributed by atoms with E-state index >= 15 is 0 Å². The first-order valence-electron chi connectivity index (χ1n) is 9.98. The fourth-order valence-corrected chi connectivity index (χ4v) is 3.76. The molecule has 1 aromatic carbocycles. The summed E-state index contributed by atoms with van der Waals surface area (Å²) in [6, 6.07) is 11.1. The number of rotatable bonds is 8. The second-order valence-electron chi connectivity index (χ2n) is 6.69. The third kappa shape index (κ3) is 3.89. The highest BCUT2D eigenvalue weighted by Gasteiger charge is 2.24. The maximum absolute atomic E-state index is 5.67. The lowest BCUT2D eigenvalue weighted by Crippen LogP contribution is -2.06. The SMILES string of the molecule is CCOc1cccc(-c2nc3nc(C)c(NSC)nc3n2-c2c(OC)cccc2OC)n1. The number of nitrogens with one attached hydrogen (secondary N) is 1. The van der Waals surface area contributed by atoms with Crippen LogP contribution in [0.3, 0.4) is 0 Å². The molecule has 0 bridgehead atoms. The molecule has 0 aliphatic heterocycles. The predicted molar refractivity (Wildman–Crippen MR) is 126 cm³/mol. The quantitative estimate of drug-likeness (QED) is 0.393. The second-order valence-corrected chi connectivity index (χ2v) is 7.30. The van der Waals surface area contributed by atoms with Crippen molar-refractivity contribution in [1.29, 1.82) is 0 Å². The fraction of sp³-hybridized carbons (Fsp3) is 0.273. The van der Waals surface area contributed by atoms with Crippen LogP contribution in [0.2, 0.25) is 0 Å². The summed E-state index contributed by atoms with van der Waals surface area (Å²) in [5.74, 6) is 2.92. The Morgan fingerprint density at radius 3 is 2.34 bits per heavy atom. The van der Waals surface area contributed by atoms with Gasteiger partial charge in [-0.05, 0) is 32.0 Å². The van der Waals surface area contributed by atoms with Crippen LogP contribution in [0.5, 0.6) is 17.4 Å². The number of imidazole rings is 1. The lowest BCUT2D eigenvalue weighted by Gasteiger charge is -2.16. The third-order valence-electron chi connectivity index (χ3n) is 4.74. The molecule has 3 heterocycles. The topological polar surface area (TPSA) is 96.2 Å². The molecule has 0 fully saturated rings. The Hall–Kier alpha value is -3.53. The van der Waals surface area contributed by atoms with Gasteiger partial charge in [-0.3, -0.25) is 4.57 Å². The standard InChI is InChI=1S/C22H24N6O3S/c1-6-31-17-12-7-9-14(24-17)21-26-20-22(25-19(27-32-5)13(2)23-20)28(21)18-15(29-3)10-8-11-16(18)30-4/h7-12H,6H2,1-5H3,(H,25,27). The van der Waals surface area contributed by atoms with Crippen molar-refractivity contribution >= 4 is 29.1 Å². The monoisotopic (exact) mass is 452 g/mol. The minimum Gasteiger partial charge on any atom is -0.494 e. The minimum atomic E-state index is 0.487. The van der Waals surface area contributed by atoms with Gasteiger partial charge in [0.15, 0.2) is 22.9 Å². The first-order valence-corrected chi connectivity index (χ1v) is 11.2. The Bertz CT molecular complexity index is 1240. The van der Waals surface area contributed by atoms with Gasteiger partial charge in [0, 0.05) is 12.3 Å². The molecule has 4 rings (SSSR count). The number of aromatic nitrogens is 5. The smallest absolute Gasteiger partial charge is 0.213 e. The molecular formula is C22H24N6O3S. The van der Waals surface area contributed by atoms with Gasteiger partial charge in [-0.15, -0.1) is 0 Å². The summed E-state index contributed by atoms with van der Waals surface area (Å²) >= 11 is 1.44. The van der Waals surface area contributed by atoms with Gasteiger partial charge >= 0.3 is 0 Å². The molecule has 0 aliphatic rings. The molecule has 0 radical (unpaired) electrons. The van der Waals surface area contributed by atoms with Crippen molar-refractivity contribution in [3.63, 3.8) is 0 Å². The Morgan fingerprint density at radius 2 is 1.69 bits per heavy atom. The number of benzene rings is 1. The van der Waals surface area contributed by atoms with E-state index < -0.39 is 0 Å². The first kappa shape index (κ1) is 21.7. The van der Waals surface area contributed by atoms with Crippen molar-refractivity contribution in [2.24, 2.45) is 0 Å². The van der Waals surface area contributed by atoms with Gasteiger partial charge in [-0.1, -0.05) is 24.1 Å². The van der Waals surface area contributed by atoms with Crippen molar-refractivity contribution in [3.8, 4) is 34.6 Å². The molecule has 166 valence electrons. The van der Waals surface area contributed by atoms with Gasteiger partial charge in [-0.25, -0.2) is 19.9 Å². The number of nitrogens with zero attached hydrogens (tertiary/aromatic N) is 5. The molecule has 0 saturated carbocycles. The van der Waals surface area contributed by atoms with Crippen molar-refractivity contribution < 1.29 is 14.2 Å². The zero-order valence-electron chi connectivity index (χ0n) is 18.5. The van der Waals surface area contributed by atoms with Gasteiger partial charge in [0.25, 0.3) is 0 Å². The number of methoxy groups -OCH3 is 2. The summed E-state index contributed by atoms with van der Waals surface area (Å²) in [6.45, 7) is 4.32. The van der Waals surface area contributed by atoms with E-state index in [1.165, 1.54) is 11.9 Å². The van der Waals surface area contributed by atoms with Crippen molar-refractivity contribution in [2.45, 2.75) is 13.8 Å². The molecule has 0 aliphatic carbocycles. The van der Waals surface area contributed by atoms with E-state index in [1.807, 2.05) is 61.1 Å². The second kappa shape index (κ2) is 9.31. The largest absolute Gasteiger partial charge is 0.494 e. The molecule has 0 amide bonds. The number of pyridine rings is 1. The number of hydrogen-bond acceptors (Lipinski definition) is 9. The van der Waals surface area contributed by atoms with E-state index in [1.54, 1.807) is 14.2 Å². The molecular weight excluding hydrogens is 428 g/mol. The van der Waals surface area contributed by atoms with E-state index in [0.717, 1.165) is 5.69 Å². The predicted octanol–water partition coefficient (Wildman–Crippen LogP) is 4.29. The Kier molecular flexibility index (Phi) is 6.31. The van der Waals surface area contributed by atoms with Crippen LogP contribution < -0.4 is 18.9 Å². The fourth-order valence-electron chi connectivity index (χ4n) is 3.37. The maximum atomic E-state index is 5.67. The molecule has 3 aromatic heterocycles. The summed E-state index contributed by atoms with van der Waals surface area (Å²) in [6.07, 6.45) is 1.93. The van der Waals surface area contributed by atoms with E-state index in [-0.39, 0.29) is 0 Å². The van der Waals surface area contributed by atoms with E-state index in [0.29, 0.717) is 58.3 Å². The van der Waals surface area contributed by atoms with E-state index in [9.17, 15) is 0 Å². The zero-order valence-corrected chi connectivity index (χ0v) is 19.4. The van der Waals surface area contributed by atoms with Crippen LogP contribution in [-0.4, -0.2) is 51.6 Å². The number of hydrogen-bond donors (Lipinski definition) is 1. The highest BCUT2D eigenvalue weighted by atomic mass is 32.2. The highest BCUT2D eigenvalue weighted by molar-refractivity contribution is 7.99. The summed E-state index contributed by atoms with van der Waals surface area (Å²) in [5, 5.41) is 0. The summed E-state index contributed by atoms with van der Waals surface area (Å²) in [5.41, 5.74) is 3.05. The maximum Gasteiger partial charge on any atom is 0.213 e. The Morgan fingerprint density at radius 1 is 0.969 bits per heavy atom. The summed E-state index contributed by atoms with van der Waals surface area (Å²) in [7, 11) is 3.23. The molecule has 1 N–H and O–H groups in total. The number of fused-ring (bicyclic) bond motifs is 1. The molecule has 0 atom stereocenters. The molecule has 9 nitrogen and oxygen atoms in total. The average Bonchev–Trinajstić information content (AvgIpc) is 3.17. The van der Waals surface area contributed by atoms with Crippen molar-refractivity contribution in [3.05, 3.63) is 42.1 Å². The van der Waals surface area contributed by atoms with Crippen LogP contribution in [0.15, 0.2) is 36.4 Å². The van der Waals surface area contributed by atoms with Crippen LogP contribution in [0.1, 0.15) is 12.6 Å². The zero-order chi connectivity index (χ0) is 22.7. The van der Waals surface area contributed by atoms with Gasteiger partial charge in [0.1, 0.15) is 22.9 Å². The number of para-hydroxylation sites is 1. The molecule has 10 heteroatoms. The van der Waals surface area contributed by atoms with E-state index in [2.05, 4.69) is 14.7 Å². The van der Waals surface area contributed by atoms with Crippen molar-refractivity contribution in [1.82, 2.24) is 24.5 Å². The van der Waals surface area contributed by atoms with Crippen LogP contribution in [0.4, 0.5) is 5.82 Å². The van der Waals surface area contributed by atoms with Gasteiger partial charge in [-0.2, -0.15) is 0 Å². The summed E-state index contributed by atoms with van der Waals surface area (Å²) < 4.78 is 22.0. The number of anilines is 1.